The number of aliphatic hydroxyl groups excluding tert-OH is 1. The van der Waals surface area contributed by atoms with E-state index in [0.29, 0.717) is 30.7 Å². The van der Waals surface area contributed by atoms with Crippen LogP contribution in [-0.4, -0.2) is 36.2 Å². The molecule has 1 N–H and O–H groups in total. The van der Waals surface area contributed by atoms with Crippen LogP contribution in [0.1, 0.15) is 72.1 Å². The summed E-state index contributed by atoms with van der Waals surface area (Å²) in [6.45, 7) is 6.92. The second-order valence-corrected chi connectivity index (χ2v) is 7.23. The number of allylic oxidation sites excluding steroid dienone is 2. The molecule has 0 aliphatic heterocycles. The average molecular weight is 337 g/mol. The molecule has 136 valence electrons. The molecule has 0 bridgehead atoms. The molecule has 0 heterocycles. The fourth-order valence-corrected chi connectivity index (χ4v) is 2.95. The van der Waals surface area contributed by atoms with Crippen LogP contribution < -0.4 is 0 Å². The zero-order valence-electron chi connectivity index (χ0n) is 15.5. The van der Waals surface area contributed by atoms with E-state index in [1.54, 1.807) is 0 Å². The molecule has 0 aromatic rings. The Bertz CT molecular complexity index is 517. The van der Waals surface area contributed by atoms with Gasteiger partial charge in [-0.3, -0.25) is 14.6 Å². The quantitative estimate of drug-likeness (QED) is 0.312. The number of aliphatic imine (C=N–C) groups is 1. The Morgan fingerprint density at radius 1 is 1.21 bits per heavy atom. The number of carbonyl (C=O) groups excluding carboxylic acids is 2. The van der Waals surface area contributed by atoms with Crippen LogP contribution in [-0.2, 0) is 14.3 Å². The molecule has 1 rings (SSSR count). The Morgan fingerprint density at radius 3 is 2.54 bits per heavy atom. The minimum atomic E-state index is -0.399. The molecule has 1 aliphatic carbocycles. The fourth-order valence-electron chi connectivity index (χ4n) is 2.95. The standard InChI is InChI=1S/C19H31NO4/c1-5-6-7-8-11-20-14-12-19(2,3)13-16(22)18(14)15(21)9-10-17(23)24-4/h21H,5-13H2,1-4H3/b18-15+,20-14?. The van der Waals surface area contributed by atoms with Crippen LogP contribution in [0.25, 0.3) is 0 Å². The van der Waals surface area contributed by atoms with Crippen molar-refractivity contribution in [3.8, 4) is 0 Å². The first-order valence-corrected chi connectivity index (χ1v) is 8.86. The van der Waals surface area contributed by atoms with Gasteiger partial charge in [0, 0.05) is 25.1 Å². The second kappa shape index (κ2) is 9.60. The Morgan fingerprint density at radius 2 is 1.92 bits per heavy atom. The van der Waals surface area contributed by atoms with Crippen LogP contribution in [0.5, 0.6) is 0 Å². The van der Waals surface area contributed by atoms with E-state index in [1.165, 1.54) is 20.0 Å². The molecule has 5 nitrogen and oxygen atoms in total. The lowest BCUT2D eigenvalue weighted by atomic mass is 9.73. The highest BCUT2D eigenvalue weighted by molar-refractivity contribution is 6.24. The van der Waals surface area contributed by atoms with Crippen LogP contribution in [0.15, 0.2) is 16.3 Å². The highest BCUT2D eigenvalue weighted by Gasteiger charge is 2.36. The molecule has 0 spiro atoms. The summed E-state index contributed by atoms with van der Waals surface area (Å²) >= 11 is 0. The molecule has 0 aromatic carbocycles. The minimum absolute atomic E-state index is 0.0341. The molecule has 5 heteroatoms. The fraction of sp³-hybridized carbons (Fsp3) is 0.737. The van der Waals surface area contributed by atoms with Crippen LogP contribution in [0, 0.1) is 5.41 Å². The molecular formula is C19H31NO4. The Kier molecular flexibility index (Phi) is 8.16. The molecule has 1 fully saturated rings. The zero-order valence-corrected chi connectivity index (χ0v) is 15.5. The van der Waals surface area contributed by atoms with E-state index in [2.05, 4.69) is 16.7 Å². The molecule has 0 atom stereocenters. The lowest BCUT2D eigenvalue weighted by Crippen LogP contribution is -2.33. The Hall–Kier alpha value is -1.65. The molecule has 0 aromatic heterocycles. The first kappa shape index (κ1) is 20.4. The van der Waals surface area contributed by atoms with Gasteiger partial charge in [0.1, 0.15) is 5.76 Å². The van der Waals surface area contributed by atoms with Crippen molar-refractivity contribution in [3.05, 3.63) is 11.3 Å². The van der Waals surface area contributed by atoms with Gasteiger partial charge in [-0.05, 0) is 18.3 Å². The molecule has 0 amide bonds. The predicted molar refractivity (Wildman–Crippen MR) is 95.4 cm³/mol. The van der Waals surface area contributed by atoms with Gasteiger partial charge < -0.3 is 9.84 Å². The highest BCUT2D eigenvalue weighted by atomic mass is 16.5. The highest BCUT2D eigenvalue weighted by Crippen LogP contribution is 2.35. The van der Waals surface area contributed by atoms with E-state index in [4.69, 9.17) is 0 Å². The summed E-state index contributed by atoms with van der Waals surface area (Å²) in [4.78, 5) is 28.4. The number of hydrogen-bond donors (Lipinski definition) is 1. The van der Waals surface area contributed by atoms with Crippen molar-refractivity contribution >= 4 is 17.5 Å². The molecule has 0 unspecified atom stereocenters. The number of nitrogens with zero attached hydrogens (tertiary/aromatic N) is 1. The molecule has 24 heavy (non-hydrogen) atoms. The number of Topliss-reactive ketones (excluding diaryl/α,β-unsaturated/α-hetero) is 1. The van der Waals surface area contributed by atoms with Crippen LogP contribution in [0.4, 0.5) is 0 Å². The van der Waals surface area contributed by atoms with E-state index < -0.39 is 5.97 Å². The summed E-state index contributed by atoms with van der Waals surface area (Å²) in [7, 11) is 1.31. The maximum atomic E-state index is 12.5. The minimum Gasteiger partial charge on any atom is -0.511 e. The van der Waals surface area contributed by atoms with Crippen LogP contribution >= 0.6 is 0 Å². The lowest BCUT2D eigenvalue weighted by Gasteiger charge is -2.31. The molecular weight excluding hydrogens is 306 g/mol. The Balaban J connectivity index is 2.91. The summed E-state index contributed by atoms with van der Waals surface area (Å²) in [6.07, 6.45) is 5.70. The van der Waals surface area contributed by atoms with E-state index >= 15 is 0 Å². The number of hydrogen-bond acceptors (Lipinski definition) is 5. The van der Waals surface area contributed by atoms with Crippen molar-refractivity contribution < 1.29 is 19.4 Å². The largest absolute Gasteiger partial charge is 0.511 e. The topological polar surface area (TPSA) is 76.0 Å². The van der Waals surface area contributed by atoms with Crippen molar-refractivity contribution in [2.24, 2.45) is 10.4 Å². The zero-order chi connectivity index (χ0) is 18.2. The number of rotatable bonds is 8. The molecule has 0 radical (unpaired) electrons. The van der Waals surface area contributed by atoms with Crippen LogP contribution in [0.3, 0.4) is 0 Å². The maximum absolute atomic E-state index is 12.5. The van der Waals surface area contributed by atoms with Gasteiger partial charge in [-0.1, -0.05) is 40.0 Å². The van der Waals surface area contributed by atoms with Gasteiger partial charge in [-0.25, -0.2) is 0 Å². The first-order valence-electron chi connectivity index (χ1n) is 8.86. The van der Waals surface area contributed by atoms with Gasteiger partial charge >= 0.3 is 5.97 Å². The van der Waals surface area contributed by atoms with Crippen molar-refractivity contribution in [2.45, 2.75) is 72.1 Å². The van der Waals surface area contributed by atoms with Gasteiger partial charge in [0.25, 0.3) is 0 Å². The lowest BCUT2D eigenvalue weighted by molar-refractivity contribution is -0.140. The van der Waals surface area contributed by atoms with E-state index in [9.17, 15) is 14.7 Å². The van der Waals surface area contributed by atoms with Crippen molar-refractivity contribution in [1.82, 2.24) is 0 Å². The number of methoxy groups -OCH3 is 1. The van der Waals surface area contributed by atoms with Crippen molar-refractivity contribution in [1.29, 1.82) is 0 Å². The smallest absolute Gasteiger partial charge is 0.305 e. The normalized spacial score (nSPS) is 21.0. The SMILES string of the molecule is CCCCCCN=C1CC(C)(C)CC(=O)/C1=C(/O)CCC(=O)OC. The summed E-state index contributed by atoms with van der Waals surface area (Å²) in [5.41, 5.74) is 0.870. The number of esters is 1. The van der Waals surface area contributed by atoms with E-state index in [0.717, 1.165) is 12.8 Å². The van der Waals surface area contributed by atoms with Gasteiger partial charge in [-0.15, -0.1) is 0 Å². The first-order chi connectivity index (χ1) is 11.3. The number of unbranched alkanes of at least 4 members (excludes halogenated alkanes) is 3. The van der Waals surface area contributed by atoms with E-state index in [-0.39, 0.29) is 29.8 Å². The third-order valence-corrected chi connectivity index (χ3v) is 4.25. The van der Waals surface area contributed by atoms with Gasteiger partial charge in [-0.2, -0.15) is 0 Å². The van der Waals surface area contributed by atoms with E-state index in [1.807, 2.05) is 13.8 Å². The molecule has 1 aliphatic rings. The summed E-state index contributed by atoms with van der Waals surface area (Å²) in [5.74, 6) is -0.516. The molecule has 0 saturated heterocycles. The average Bonchev–Trinajstić information content (AvgIpc) is 2.50. The maximum Gasteiger partial charge on any atom is 0.305 e. The number of carbonyl (C=O) groups is 2. The second-order valence-electron chi connectivity index (χ2n) is 7.23. The van der Waals surface area contributed by atoms with Crippen molar-refractivity contribution in [3.63, 3.8) is 0 Å². The monoisotopic (exact) mass is 337 g/mol. The summed E-state index contributed by atoms with van der Waals surface area (Å²) in [6, 6.07) is 0. The number of ether oxygens (including phenoxy) is 1. The van der Waals surface area contributed by atoms with Gasteiger partial charge in [0.2, 0.25) is 0 Å². The van der Waals surface area contributed by atoms with Gasteiger partial charge in [0.05, 0.1) is 19.1 Å². The predicted octanol–water partition coefficient (Wildman–Crippen LogP) is 4.16. The van der Waals surface area contributed by atoms with Gasteiger partial charge in [0.15, 0.2) is 5.78 Å². The summed E-state index contributed by atoms with van der Waals surface area (Å²) in [5, 5.41) is 10.3. The Labute approximate surface area is 145 Å². The third-order valence-electron chi connectivity index (χ3n) is 4.25. The van der Waals surface area contributed by atoms with Crippen molar-refractivity contribution in [2.75, 3.05) is 13.7 Å². The number of ketones is 1. The third kappa shape index (κ3) is 6.46. The number of aliphatic hydroxyl groups is 1. The summed E-state index contributed by atoms with van der Waals surface area (Å²) < 4.78 is 4.59. The molecule has 1 saturated carbocycles. The van der Waals surface area contributed by atoms with Crippen LogP contribution in [0.2, 0.25) is 0 Å².